The topological polar surface area (TPSA) is 35.5 Å². The third kappa shape index (κ3) is 1.68. The van der Waals surface area contributed by atoms with Crippen LogP contribution in [-0.4, -0.2) is 11.6 Å². The Hall–Kier alpha value is -0.570. The molecule has 1 heterocycles. The molecule has 1 aliphatic rings. The predicted molar refractivity (Wildman–Crippen MR) is 30.5 cm³/mol. The van der Waals surface area contributed by atoms with Gasteiger partial charge >= 0.3 is 5.97 Å². The smallest absolute Gasteiger partial charge is 0.298 e. The van der Waals surface area contributed by atoms with Crippen molar-refractivity contribution in [2.24, 2.45) is 0 Å². The van der Waals surface area contributed by atoms with Crippen molar-refractivity contribution in [3.05, 3.63) is 0 Å². The maximum Gasteiger partial charge on any atom is 0.342 e. The average Bonchev–Trinajstić information content (AvgIpc) is 1.78. The summed E-state index contributed by atoms with van der Waals surface area (Å²) in [5.41, 5.74) is -0.284. The second-order valence-corrected chi connectivity index (χ2v) is 2.80. The fourth-order valence-electron chi connectivity index (χ4n) is 0.646. The van der Waals surface area contributed by atoms with Crippen LogP contribution in [0.5, 0.6) is 0 Å². The lowest BCUT2D eigenvalue weighted by atomic mass is 10.0. The molecular weight excluding hydrogens is 120 g/mol. The summed E-state index contributed by atoms with van der Waals surface area (Å²) in [5, 5.41) is 0. The van der Waals surface area contributed by atoms with Gasteiger partial charge in [-0.15, -0.1) is 0 Å². The summed E-state index contributed by atoms with van der Waals surface area (Å²) in [5.74, 6) is -0.269. The van der Waals surface area contributed by atoms with Crippen molar-refractivity contribution in [3.63, 3.8) is 0 Å². The number of rotatable bonds is 0. The molecule has 0 amide bonds. The largest absolute Gasteiger partial charge is 0.342 e. The van der Waals surface area contributed by atoms with Gasteiger partial charge in [0.05, 0.1) is 6.42 Å². The van der Waals surface area contributed by atoms with Crippen LogP contribution in [0.3, 0.4) is 0 Å². The van der Waals surface area contributed by atoms with E-state index in [2.05, 4.69) is 4.89 Å². The van der Waals surface area contributed by atoms with E-state index in [0.29, 0.717) is 6.42 Å². The zero-order valence-corrected chi connectivity index (χ0v) is 5.64. The minimum Gasteiger partial charge on any atom is -0.298 e. The molecule has 3 nitrogen and oxygen atoms in total. The van der Waals surface area contributed by atoms with E-state index in [0.717, 1.165) is 6.42 Å². The normalized spacial score (nSPS) is 25.3. The Bertz CT molecular complexity index is 116. The lowest BCUT2D eigenvalue weighted by Gasteiger charge is -2.26. The van der Waals surface area contributed by atoms with Crippen LogP contribution in [0, 0.1) is 0 Å². The first kappa shape index (κ1) is 6.55. The third-order valence-electron chi connectivity index (χ3n) is 1.29. The van der Waals surface area contributed by atoms with E-state index >= 15 is 0 Å². The van der Waals surface area contributed by atoms with Gasteiger partial charge in [0, 0.05) is 0 Å². The molecular formula is C6H10O3. The molecule has 52 valence electrons. The quantitative estimate of drug-likeness (QED) is 0.459. The van der Waals surface area contributed by atoms with Gasteiger partial charge in [-0.05, 0) is 20.3 Å². The molecule has 0 radical (unpaired) electrons. The Morgan fingerprint density at radius 2 is 2.22 bits per heavy atom. The first-order valence-electron chi connectivity index (χ1n) is 2.99. The lowest BCUT2D eigenvalue weighted by molar-refractivity contribution is -0.340. The first-order chi connectivity index (χ1) is 4.10. The summed E-state index contributed by atoms with van der Waals surface area (Å²) >= 11 is 0. The monoisotopic (exact) mass is 130 g/mol. The molecule has 0 aromatic heterocycles. The number of carbonyl (C=O) groups excluding carboxylic acids is 1. The molecule has 0 atom stereocenters. The van der Waals surface area contributed by atoms with Crippen molar-refractivity contribution in [1.29, 1.82) is 0 Å². The Labute approximate surface area is 53.9 Å². The van der Waals surface area contributed by atoms with Crippen LogP contribution in [0.1, 0.15) is 26.7 Å². The summed E-state index contributed by atoms with van der Waals surface area (Å²) in [4.78, 5) is 19.5. The molecule has 0 aliphatic carbocycles. The van der Waals surface area contributed by atoms with Gasteiger partial charge in [-0.25, -0.2) is 4.79 Å². The van der Waals surface area contributed by atoms with Crippen molar-refractivity contribution >= 4 is 5.97 Å². The molecule has 0 saturated carbocycles. The summed E-state index contributed by atoms with van der Waals surface area (Å²) < 4.78 is 0. The van der Waals surface area contributed by atoms with Gasteiger partial charge in [0.1, 0.15) is 5.60 Å². The predicted octanol–water partition coefficient (Wildman–Crippen LogP) is 1.03. The maximum atomic E-state index is 10.4. The van der Waals surface area contributed by atoms with E-state index in [9.17, 15) is 4.79 Å². The van der Waals surface area contributed by atoms with Gasteiger partial charge in [0.25, 0.3) is 0 Å². The van der Waals surface area contributed by atoms with Gasteiger partial charge in [0.2, 0.25) is 0 Å². The molecule has 0 spiro atoms. The zero-order valence-electron chi connectivity index (χ0n) is 5.64. The second-order valence-electron chi connectivity index (χ2n) is 2.80. The summed E-state index contributed by atoms with van der Waals surface area (Å²) in [6, 6.07) is 0. The van der Waals surface area contributed by atoms with E-state index in [1.54, 1.807) is 0 Å². The summed E-state index contributed by atoms with van der Waals surface area (Å²) in [6.07, 6.45) is 1.21. The van der Waals surface area contributed by atoms with E-state index in [4.69, 9.17) is 4.89 Å². The van der Waals surface area contributed by atoms with Crippen molar-refractivity contribution in [3.8, 4) is 0 Å². The Balaban J connectivity index is 2.44. The Kier molecular flexibility index (Phi) is 1.45. The minimum atomic E-state index is -0.284. The highest BCUT2D eigenvalue weighted by atomic mass is 17.2. The highest BCUT2D eigenvalue weighted by Crippen LogP contribution is 2.21. The molecule has 0 bridgehead atoms. The van der Waals surface area contributed by atoms with Crippen molar-refractivity contribution in [2.45, 2.75) is 32.3 Å². The van der Waals surface area contributed by atoms with Crippen LogP contribution in [0.4, 0.5) is 0 Å². The first-order valence-corrected chi connectivity index (χ1v) is 2.99. The maximum absolute atomic E-state index is 10.4. The second kappa shape index (κ2) is 1.99. The van der Waals surface area contributed by atoms with Crippen LogP contribution >= 0.6 is 0 Å². The molecule has 0 unspecified atom stereocenters. The van der Waals surface area contributed by atoms with Crippen LogP contribution in [-0.2, 0) is 14.6 Å². The number of hydrogen-bond acceptors (Lipinski definition) is 3. The van der Waals surface area contributed by atoms with E-state index in [1.807, 2.05) is 13.8 Å². The lowest BCUT2D eigenvalue weighted by Crippen LogP contribution is -2.32. The molecule has 1 aliphatic heterocycles. The molecule has 3 heteroatoms. The van der Waals surface area contributed by atoms with Gasteiger partial charge in [-0.2, -0.15) is 4.89 Å². The van der Waals surface area contributed by atoms with Gasteiger partial charge in [0.15, 0.2) is 0 Å². The van der Waals surface area contributed by atoms with Crippen LogP contribution < -0.4 is 0 Å². The molecule has 0 aromatic rings. The van der Waals surface area contributed by atoms with E-state index < -0.39 is 0 Å². The van der Waals surface area contributed by atoms with Gasteiger partial charge in [-0.1, -0.05) is 0 Å². The van der Waals surface area contributed by atoms with Gasteiger partial charge < -0.3 is 0 Å². The molecule has 9 heavy (non-hydrogen) atoms. The van der Waals surface area contributed by atoms with Crippen molar-refractivity contribution < 1.29 is 14.6 Å². The van der Waals surface area contributed by atoms with Crippen LogP contribution in [0.15, 0.2) is 0 Å². The van der Waals surface area contributed by atoms with E-state index in [-0.39, 0.29) is 11.6 Å². The minimum absolute atomic E-state index is 0.269. The highest BCUT2D eigenvalue weighted by molar-refractivity contribution is 5.69. The average molecular weight is 130 g/mol. The van der Waals surface area contributed by atoms with Crippen molar-refractivity contribution in [2.75, 3.05) is 0 Å². The SMILES string of the molecule is CC1(C)CCC(=O)OO1. The van der Waals surface area contributed by atoms with Crippen molar-refractivity contribution in [1.82, 2.24) is 0 Å². The fourth-order valence-corrected chi connectivity index (χ4v) is 0.646. The molecule has 0 N–H and O–H groups in total. The van der Waals surface area contributed by atoms with Gasteiger partial charge in [-0.3, -0.25) is 4.89 Å². The molecule has 1 saturated heterocycles. The number of carbonyl (C=O) groups is 1. The molecule has 0 aromatic carbocycles. The van der Waals surface area contributed by atoms with Crippen LogP contribution in [0.25, 0.3) is 0 Å². The Morgan fingerprint density at radius 3 is 2.56 bits per heavy atom. The highest BCUT2D eigenvalue weighted by Gasteiger charge is 2.28. The fraction of sp³-hybridized carbons (Fsp3) is 0.833. The van der Waals surface area contributed by atoms with Crippen LogP contribution in [0.2, 0.25) is 0 Å². The standard InChI is InChI=1S/C6H10O3/c1-6(2)4-3-5(7)8-9-6/h3-4H2,1-2H3. The summed E-state index contributed by atoms with van der Waals surface area (Å²) in [6.45, 7) is 3.78. The zero-order chi connectivity index (χ0) is 6.91. The molecule has 1 fully saturated rings. The third-order valence-corrected chi connectivity index (χ3v) is 1.29. The molecule has 1 rings (SSSR count). The Morgan fingerprint density at radius 1 is 1.56 bits per heavy atom. The van der Waals surface area contributed by atoms with E-state index in [1.165, 1.54) is 0 Å². The number of hydrogen-bond donors (Lipinski definition) is 0. The summed E-state index contributed by atoms with van der Waals surface area (Å²) in [7, 11) is 0.